The quantitative estimate of drug-likeness (QED) is 0.530. The highest BCUT2D eigenvalue weighted by Crippen LogP contribution is 2.30. The molecule has 0 radical (unpaired) electrons. The van der Waals surface area contributed by atoms with Crippen LogP contribution in [0.15, 0.2) is 48.5 Å². The van der Waals surface area contributed by atoms with E-state index in [1.807, 2.05) is 0 Å². The number of carboxylic acid groups (broad SMARTS) is 1. The number of ketones is 1. The minimum absolute atomic E-state index is 0.137. The monoisotopic (exact) mass is 378 g/mol. The fourth-order valence-corrected chi connectivity index (χ4v) is 2.11. The second-order valence-electron chi connectivity index (χ2n) is 5.19. The van der Waals surface area contributed by atoms with Crippen molar-refractivity contribution in [2.45, 2.75) is 6.61 Å². The third kappa shape index (κ3) is 6.10. The van der Waals surface area contributed by atoms with Gasteiger partial charge in [0.15, 0.2) is 23.9 Å². The van der Waals surface area contributed by atoms with E-state index in [9.17, 15) is 18.4 Å². The maximum atomic E-state index is 12.4. The van der Waals surface area contributed by atoms with Crippen molar-refractivity contribution in [1.82, 2.24) is 0 Å². The molecule has 0 spiro atoms. The predicted octanol–water partition coefficient (Wildman–Crippen LogP) is 3.66. The summed E-state index contributed by atoms with van der Waals surface area (Å²) in [5, 5.41) is 8.55. The molecule has 2 rings (SSSR count). The summed E-state index contributed by atoms with van der Waals surface area (Å²) in [5.74, 6) is -1.10. The lowest BCUT2D eigenvalue weighted by Gasteiger charge is -2.10. The van der Waals surface area contributed by atoms with Crippen molar-refractivity contribution >= 4 is 17.8 Å². The fraction of sp³-hybridized carbons (Fsp3) is 0.158. The number of aliphatic carboxylic acids is 1. The van der Waals surface area contributed by atoms with Crippen molar-refractivity contribution in [3.8, 4) is 17.2 Å². The van der Waals surface area contributed by atoms with Crippen molar-refractivity contribution in [2.75, 3.05) is 13.7 Å². The highest BCUT2D eigenvalue weighted by molar-refractivity contribution is 6.06. The Labute approximate surface area is 153 Å². The first-order chi connectivity index (χ1) is 12.9. The second kappa shape index (κ2) is 9.33. The number of carbonyl (C=O) groups is 2. The Kier molecular flexibility index (Phi) is 6.87. The van der Waals surface area contributed by atoms with Gasteiger partial charge in [-0.05, 0) is 48.0 Å². The first-order valence-corrected chi connectivity index (χ1v) is 7.69. The molecule has 142 valence electrons. The summed E-state index contributed by atoms with van der Waals surface area (Å²) in [6, 6.07) is 10.3. The van der Waals surface area contributed by atoms with Gasteiger partial charge in [0.05, 0.1) is 7.11 Å². The molecule has 0 aliphatic carbocycles. The molecule has 0 saturated heterocycles. The van der Waals surface area contributed by atoms with Gasteiger partial charge in [-0.2, -0.15) is 8.78 Å². The van der Waals surface area contributed by atoms with E-state index in [4.69, 9.17) is 14.6 Å². The van der Waals surface area contributed by atoms with Crippen LogP contribution in [0.2, 0.25) is 0 Å². The standard InChI is InChI=1S/C19H16F2O6/c1-25-16-9-3-12(10-17(16)27-19(20)21)2-8-15(22)13-4-6-14(7-5-13)26-11-18(23)24/h2-10,19H,11H2,1H3,(H,23,24)/b8-2+. The van der Waals surface area contributed by atoms with E-state index in [0.717, 1.165) is 0 Å². The van der Waals surface area contributed by atoms with Crippen LogP contribution in [-0.4, -0.2) is 37.2 Å². The number of carboxylic acids is 1. The fourth-order valence-electron chi connectivity index (χ4n) is 2.11. The zero-order valence-electron chi connectivity index (χ0n) is 14.2. The Hall–Kier alpha value is -3.42. The van der Waals surface area contributed by atoms with Crippen LogP contribution in [0.3, 0.4) is 0 Å². The SMILES string of the molecule is COc1ccc(/C=C/C(=O)c2ccc(OCC(=O)O)cc2)cc1OC(F)F. The summed E-state index contributed by atoms with van der Waals surface area (Å²) in [6.45, 7) is -3.48. The number of hydrogen-bond donors (Lipinski definition) is 1. The van der Waals surface area contributed by atoms with Crippen LogP contribution < -0.4 is 14.2 Å². The van der Waals surface area contributed by atoms with Crippen LogP contribution in [0.4, 0.5) is 8.78 Å². The van der Waals surface area contributed by atoms with Gasteiger partial charge in [-0.3, -0.25) is 4.79 Å². The Morgan fingerprint density at radius 2 is 1.81 bits per heavy atom. The summed E-state index contributed by atoms with van der Waals surface area (Å²) in [4.78, 5) is 22.6. The van der Waals surface area contributed by atoms with Crippen molar-refractivity contribution in [2.24, 2.45) is 0 Å². The minimum Gasteiger partial charge on any atom is -0.493 e. The first-order valence-electron chi connectivity index (χ1n) is 7.69. The van der Waals surface area contributed by atoms with E-state index < -0.39 is 19.2 Å². The molecule has 0 fully saturated rings. The van der Waals surface area contributed by atoms with Crippen molar-refractivity contribution < 1.29 is 37.7 Å². The molecule has 0 heterocycles. The van der Waals surface area contributed by atoms with Crippen LogP contribution in [0.25, 0.3) is 6.08 Å². The smallest absolute Gasteiger partial charge is 0.387 e. The zero-order chi connectivity index (χ0) is 19.8. The lowest BCUT2D eigenvalue weighted by atomic mass is 10.1. The topological polar surface area (TPSA) is 82.1 Å². The number of alkyl halides is 2. The molecule has 27 heavy (non-hydrogen) atoms. The number of allylic oxidation sites excluding steroid dienone is 1. The first kappa shape index (κ1) is 19.9. The third-order valence-corrected chi connectivity index (χ3v) is 3.33. The van der Waals surface area contributed by atoms with Crippen molar-refractivity contribution in [3.63, 3.8) is 0 Å². The van der Waals surface area contributed by atoms with Crippen LogP contribution in [0.1, 0.15) is 15.9 Å². The Balaban J connectivity index is 2.08. The summed E-state index contributed by atoms with van der Waals surface area (Å²) in [7, 11) is 1.33. The van der Waals surface area contributed by atoms with Gasteiger partial charge >= 0.3 is 12.6 Å². The minimum atomic E-state index is -3.00. The van der Waals surface area contributed by atoms with Crippen LogP contribution in [-0.2, 0) is 4.79 Å². The molecule has 0 saturated carbocycles. The lowest BCUT2D eigenvalue weighted by molar-refractivity contribution is -0.139. The predicted molar refractivity (Wildman–Crippen MR) is 92.6 cm³/mol. The van der Waals surface area contributed by atoms with E-state index in [2.05, 4.69) is 4.74 Å². The van der Waals surface area contributed by atoms with E-state index in [-0.39, 0.29) is 17.3 Å². The third-order valence-electron chi connectivity index (χ3n) is 3.33. The number of ether oxygens (including phenoxy) is 3. The molecular formula is C19H16F2O6. The van der Waals surface area contributed by atoms with Crippen LogP contribution in [0, 0.1) is 0 Å². The summed E-state index contributed by atoms with van der Waals surface area (Å²) in [5.41, 5.74) is 0.827. The van der Waals surface area contributed by atoms with E-state index >= 15 is 0 Å². The molecular weight excluding hydrogens is 362 g/mol. The van der Waals surface area contributed by atoms with Crippen LogP contribution in [0.5, 0.6) is 17.2 Å². The molecule has 0 aromatic heterocycles. The molecule has 6 nitrogen and oxygen atoms in total. The molecule has 0 aliphatic rings. The molecule has 0 unspecified atom stereocenters. The highest BCUT2D eigenvalue weighted by Gasteiger charge is 2.11. The van der Waals surface area contributed by atoms with E-state index in [1.165, 1.54) is 55.7 Å². The lowest BCUT2D eigenvalue weighted by Crippen LogP contribution is -2.09. The largest absolute Gasteiger partial charge is 0.493 e. The summed E-state index contributed by atoms with van der Waals surface area (Å²) in [6.07, 6.45) is 2.73. The number of rotatable bonds is 9. The Bertz CT molecular complexity index is 831. The molecule has 0 aliphatic heterocycles. The van der Waals surface area contributed by atoms with Gasteiger partial charge in [0.2, 0.25) is 0 Å². The Morgan fingerprint density at radius 1 is 1.11 bits per heavy atom. The highest BCUT2D eigenvalue weighted by atomic mass is 19.3. The van der Waals surface area contributed by atoms with Gasteiger partial charge in [0, 0.05) is 5.56 Å². The van der Waals surface area contributed by atoms with Crippen molar-refractivity contribution in [1.29, 1.82) is 0 Å². The second-order valence-corrected chi connectivity index (χ2v) is 5.19. The number of hydrogen-bond acceptors (Lipinski definition) is 5. The number of halogens is 2. The maximum absolute atomic E-state index is 12.4. The average Bonchev–Trinajstić information content (AvgIpc) is 2.64. The molecule has 0 atom stereocenters. The number of benzene rings is 2. The van der Waals surface area contributed by atoms with Gasteiger partial charge in [-0.25, -0.2) is 4.79 Å². The van der Waals surface area contributed by atoms with Gasteiger partial charge < -0.3 is 19.3 Å². The van der Waals surface area contributed by atoms with E-state index in [0.29, 0.717) is 16.9 Å². The zero-order valence-corrected chi connectivity index (χ0v) is 14.2. The normalized spacial score (nSPS) is 10.8. The average molecular weight is 378 g/mol. The summed E-state index contributed by atoms with van der Waals surface area (Å²) < 4.78 is 39.2. The van der Waals surface area contributed by atoms with Crippen molar-refractivity contribution in [3.05, 3.63) is 59.7 Å². The molecule has 1 N–H and O–H groups in total. The van der Waals surface area contributed by atoms with E-state index in [1.54, 1.807) is 6.07 Å². The number of methoxy groups -OCH3 is 1. The molecule has 0 bridgehead atoms. The van der Waals surface area contributed by atoms with Gasteiger partial charge in [-0.15, -0.1) is 0 Å². The van der Waals surface area contributed by atoms with Gasteiger partial charge in [-0.1, -0.05) is 12.1 Å². The number of carbonyl (C=O) groups excluding carboxylic acids is 1. The van der Waals surface area contributed by atoms with Crippen LogP contribution >= 0.6 is 0 Å². The molecule has 8 heteroatoms. The van der Waals surface area contributed by atoms with Gasteiger partial charge in [0.25, 0.3) is 0 Å². The summed E-state index contributed by atoms with van der Waals surface area (Å²) >= 11 is 0. The maximum Gasteiger partial charge on any atom is 0.387 e. The molecule has 0 amide bonds. The molecule has 2 aromatic rings. The Morgan fingerprint density at radius 3 is 2.41 bits per heavy atom. The van der Waals surface area contributed by atoms with Gasteiger partial charge in [0.1, 0.15) is 5.75 Å². The molecule has 2 aromatic carbocycles.